The predicted octanol–water partition coefficient (Wildman–Crippen LogP) is 3.62. The van der Waals surface area contributed by atoms with E-state index in [1.807, 2.05) is 30.3 Å². The van der Waals surface area contributed by atoms with Crippen LogP contribution in [-0.4, -0.2) is 33.9 Å². The number of aliphatic carboxylic acids is 2. The quantitative estimate of drug-likeness (QED) is 0.568. The second-order valence-electron chi connectivity index (χ2n) is 6.55. The molecule has 0 saturated heterocycles. The van der Waals surface area contributed by atoms with Gasteiger partial charge in [0, 0.05) is 30.6 Å². The average Bonchev–Trinajstić information content (AvgIpc) is 3.02. The Morgan fingerprint density at radius 2 is 1.50 bits per heavy atom. The summed E-state index contributed by atoms with van der Waals surface area (Å²) in [6.07, 6.45) is 1.08. The standard InChI is InChI=1S/C21H18O4.C2H6O/c1-12(20(22)23)9-15-7-8-17-16-6-4-3-5-14(16)11-19(17)18(15)10-13(2)21(24)25;1-2-3/h3-8H,1-2,9-11H2,(H,22,23)(H,24,25);3H,2H2,1H3. The maximum absolute atomic E-state index is 11.3. The van der Waals surface area contributed by atoms with Crippen molar-refractivity contribution in [3.8, 4) is 11.1 Å². The maximum Gasteiger partial charge on any atom is 0.331 e. The highest BCUT2D eigenvalue weighted by Gasteiger charge is 2.24. The first kappa shape index (κ1) is 21.1. The van der Waals surface area contributed by atoms with Crippen LogP contribution in [0.2, 0.25) is 0 Å². The third-order valence-corrected chi connectivity index (χ3v) is 4.60. The largest absolute Gasteiger partial charge is 0.478 e. The summed E-state index contributed by atoms with van der Waals surface area (Å²) in [6.45, 7) is 9.17. The molecule has 1 aliphatic carbocycles. The average molecular weight is 380 g/mol. The lowest BCUT2D eigenvalue weighted by Crippen LogP contribution is -2.10. The molecule has 2 aromatic rings. The van der Waals surface area contributed by atoms with E-state index < -0.39 is 11.9 Å². The summed E-state index contributed by atoms with van der Waals surface area (Å²) in [5, 5.41) is 25.9. The van der Waals surface area contributed by atoms with E-state index >= 15 is 0 Å². The molecule has 0 amide bonds. The van der Waals surface area contributed by atoms with E-state index in [-0.39, 0.29) is 30.6 Å². The third kappa shape index (κ3) is 4.56. The van der Waals surface area contributed by atoms with Crippen molar-refractivity contribution in [2.75, 3.05) is 6.61 Å². The summed E-state index contributed by atoms with van der Waals surface area (Å²) in [5.74, 6) is -2.09. The van der Waals surface area contributed by atoms with Crippen molar-refractivity contribution in [2.45, 2.75) is 26.2 Å². The van der Waals surface area contributed by atoms with Crippen LogP contribution in [-0.2, 0) is 28.9 Å². The van der Waals surface area contributed by atoms with Crippen LogP contribution in [0.5, 0.6) is 0 Å². The number of carboxylic acids is 2. The number of aliphatic hydroxyl groups is 1. The summed E-state index contributed by atoms with van der Waals surface area (Å²) in [6, 6.07) is 11.9. The highest BCUT2D eigenvalue weighted by Crippen LogP contribution is 2.40. The molecular formula is C23H24O5. The van der Waals surface area contributed by atoms with Crippen LogP contribution in [0.25, 0.3) is 11.1 Å². The van der Waals surface area contributed by atoms with Gasteiger partial charge in [0.25, 0.3) is 0 Å². The molecule has 28 heavy (non-hydrogen) atoms. The Morgan fingerprint density at radius 3 is 2.11 bits per heavy atom. The topological polar surface area (TPSA) is 94.8 Å². The van der Waals surface area contributed by atoms with E-state index in [1.54, 1.807) is 6.92 Å². The summed E-state index contributed by atoms with van der Waals surface area (Å²) < 4.78 is 0. The molecule has 0 bridgehead atoms. The first-order valence-corrected chi connectivity index (χ1v) is 8.95. The van der Waals surface area contributed by atoms with Gasteiger partial charge < -0.3 is 15.3 Å². The first-order valence-electron chi connectivity index (χ1n) is 8.95. The number of carbonyl (C=O) groups is 2. The lowest BCUT2D eigenvalue weighted by atomic mass is 9.89. The fourth-order valence-electron chi connectivity index (χ4n) is 3.30. The van der Waals surface area contributed by atoms with Crippen LogP contribution in [0.1, 0.15) is 29.2 Å². The smallest absolute Gasteiger partial charge is 0.331 e. The van der Waals surface area contributed by atoms with E-state index in [2.05, 4.69) is 19.2 Å². The molecule has 3 rings (SSSR count). The molecule has 146 valence electrons. The van der Waals surface area contributed by atoms with Crippen molar-refractivity contribution in [1.29, 1.82) is 0 Å². The van der Waals surface area contributed by atoms with Crippen molar-refractivity contribution < 1.29 is 24.9 Å². The van der Waals surface area contributed by atoms with Crippen LogP contribution >= 0.6 is 0 Å². The number of carboxylic acid groups (broad SMARTS) is 2. The number of fused-ring (bicyclic) bond motifs is 3. The number of hydrogen-bond acceptors (Lipinski definition) is 3. The summed E-state index contributed by atoms with van der Waals surface area (Å²) in [5.41, 5.74) is 6.28. The second kappa shape index (κ2) is 9.15. The summed E-state index contributed by atoms with van der Waals surface area (Å²) in [7, 11) is 0. The van der Waals surface area contributed by atoms with Crippen molar-refractivity contribution >= 4 is 11.9 Å². The molecular weight excluding hydrogens is 356 g/mol. The number of aliphatic hydroxyl groups excluding tert-OH is 1. The zero-order chi connectivity index (χ0) is 20.8. The van der Waals surface area contributed by atoms with Crippen molar-refractivity contribution in [1.82, 2.24) is 0 Å². The highest BCUT2D eigenvalue weighted by molar-refractivity contribution is 5.88. The zero-order valence-electron chi connectivity index (χ0n) is 15.9. The predicted molar refractivity (Wildman–Crippen MR) is 108 cm³/mol. The number of rotatable bonds is 6. The molecule has 0 fully saturated rings. The number of benzene rings is 2. The van der Waals surface area contributed by atoms with Crippen LogP contribution in [0.15, 0.2) is 60.7 Å². The van der Waals surface area contributed by atoms with Gasteiger partial charge in [0.15, 0.2) is 0 Å². The molecule has 2 aromatic carbocycles. The SMILES string of the molecule is C=C(Cc1ccc2c(c1CC(=C)C(=O)O)Cc1ccccc1-2)C(=O)O.CCO. The van der Waals surface area contributed by atoms with Crippen LogP contribution < -0.4 is 0 Å². The summed E-state index contributed by atoms with van der Waals surface area (Å²) >= 11 is 0. The Balaban J connectivity index is 0.000000878. The minimum absolute atomic E-state index is 0.0812. The van der Waals surface area contributed by atoms with Gasteiger partial charge in [-0.25, -0.2) is 9.59 Å². The van der Waals surface area contributed by atoms with Gasteiger partial charge in [0.05, 0.1) is 0 Å². The Bertz CT molecular complexity index is 940. The van der Waals surface area contributed by atoms with Crippen LogP contribution in [0.3, 0.4) is 0 Å². The minimum Gasteiger partial charge on any atom is -0.478 e. The van der Waals surface area contributed by atoms with E-state index in [0.717, 1.165) is 27.8 Å². The fourth-order valence-corrected chi connectivity index (χ4v) is 3.30. The van der Waals surface area contributed by atoms with Gasteiger partial charge in [-0.3, -0.25) is 0 Å². The Kier molecular flexibility index (Phi) is 6.90. The second-order valence-corrected chi connectivity index (χ2v) is 6.55. The lowest BCUT2D eigenvalue weighted by molar-refractivity contribution is -0.133. The molecule has 0 radical (unpaired) electrons. The molecule has 0 aliphatic heterocycles. The van der Waals surface area contributed by atoms with Crippen molar-refractivity contribution in [3.63, 3.8) is 0 Å². The summed E-state index contributed by atoms with van der Waals surface area (Å²) in [4.78, 5) is 22.4. The van der Waals surface area contributed by atoms with Gasteiger partial charge >= 0.3 is 11.9 Å². The molecule has 0 unspecified atom stereocenters. The van der Waals surface area contributed by atoms with Crippen molar-refractivity contribution in [2.24, 2.45) is 0 Å². The fraction of sp³-hybridized carbons (Fsp3) is 0.217. The van der Waals surface area contributed by atoms with Gasteiger partial charge in [-0.2, -0.15) is 0 Å². The first-order chi connectivity index (χ1) is 13.3. The van der Waals surface area contributed by atoms with E-state index in [1.165, 1.54) is 5.56 Å². The number of hydrogen-bond donors (Lipinski definition) is 3. The molecule has 5 nitrogen and oxygen atoms in total. The lowest BCUT2D eigenvalue weighted by Gasteiger charge is -2.15. The van der Waals surface area contributed by atoms with E-state index in [9.17, 15) is 14.7 Å². The van der Waals surface area contributed by atoms with Crippen LogP contribution in [0, 0.1) is 0 Å². The zero-order valence-corrected chi connectivity index (χ0v) is 15.9. The normalized spacial score (nSPS) is 10.9. The van der Waals surface area contributed by atoms with E-state index in [0.29, 0.717) is 6.42 Å². The minimum atomic E-state index is -1.05. The molecule has 3 N–H and O–H groups in total. The molecule has 0 spiro atoms. The molecule has 1 aliphatic rings. The molecule has 5 heteroatoms. The molecule has 0 aromatic heterocycles. The molecule has 0 atom stereocenters. The van der Waals surface area contributed by atoms with Gasteiger partial charge in [-0.05, 0) is 46.7 Å². The van der Waals surface area contributed by atoms with Crippen LogP contribution in [0.4, 0.5) is 0 Å². The van der Waals surface area contributed by atoms with Crippen molar-refractivity contribution in [3.05, 3.63) is 83.0 Å². The van der Waals surface area contributed by atoms with Gasteiger partial charge in [-0.15, -0.1) is 0 Å². The van der Waals surface area contributed by atoms with Gasteiger partial charge in [0.1, 0.15) is 0 Å². The van der Waals surface area contributed by atoms with Gasteiger partial charge in [-0.1, -0.05) is 49.6 Å². The molecule has 0 heterocycles. The Labute approximate surface area is 164 Å². The maximum atomic E-state index is 11.3. The van der Waals surface area contributed by atoms with Gasteiger partial charge in [0.2, 0.25) is 0 Å². The van der Waals surface area contributed by atoms with E-state index in [4.69, 9.17) is 10.2 Å². The monoisotopic (exact) mass is 380 g/mol. The Morgan fingerprint density at radius 1 is 0.929 bits per heavy atom. The highest BCUT2D eigenvalue weighted by atomic mass is 16.4. The molecule has 0 saturated carbocycles. The third-order valence-electron chi connectivity index (χ3n) is 4.60. The Hall–Kier alpha value is -3.18.